The number of hydrogen-bond acceptors (Lipinski definition) is 6. The van der Waals surface area contributed by atoms with Crippen molar-refractivity contribution in [3.8, 4) is 17.4 Å². The second-order valence-corrected chi connectivity index (χ2v) is 6.59. The lowest BCUT2D eigenvalue weighted by molar-refractivity contribution is 0.102. The monoisotopic (exact) mass is 391 g/mol. The maximum Gasteiger partial charge on any atom is 0.322 e. The van der Waals surface area contributed by atoms with E-state index in [1.165, 1.54) is 0 Å². The fourth-order valence-electron chi connectivity index (χ4n) is 2.87. The number of furan rings is 1. The van der Waals surface area contributed by atoms with E-state index in [-0.39, 0.29) is 17.8 Å². The molecule has 0 aliphatic heterocycles. The Hall–Kier alpha value is -3.61. The molecule has 7 nitrogen and oxygen atoms in total. The summed E-state index contributed by atoms with van der Waals surface area (Å²) in [4.78, 5) is 12.4. The number of aromatic nitrogens is 2. The molecule has 0 saturated carbocycles. The summed E-state index contributed by atoms with van der Waals surface area (Å²) in [6.07, 6.45) is 3.31. The molecule has 0 aliphatic carbocycles. The number of unbranched alkanes of at least 4 members (excludes halogenated alkanes) is 2. The lowest BCUT2D eigenvalue weighted by atomic mass is 10.2. The fourth-order valence-corrected chi connectivity index (χ4v) is 2.87. The first-order valence-corrected chi connectivity index (χ1v) is 9.59. The van der Waals surface area contributed by atoms with Crippen molar-refractivity contribution in [1.82, 2.24) is 10.2 Å². The van der Waals surface area contributed by atoms with E-state index in [4.69, 9.17) is 13.6 Å². The van der Waals surface area contributed by atoms with Crippen LogP contribution in [-0.4, -0.2) is 22.7 Å². The molecule has 1 amide bonds. The summed E-state index contributed by atoms with van der Waals surface area (Å²) in [6, 6.07) is 16.3. The first-order chi connectivity index (χ1) is 14.2. The molecule has 2 aromatic carbocycles. The molecule has 0 radical (unpaired) electrons. The molecule has 148 valence electrons. The summed E-state index contributed by atoms with van der Waals surface area (Å²) < 4.78 is 16.9. The molecule has 7 heteroatoms. The number of rotatable bonds is 8. The van der Waals surface area contributed by atoms with Crippen LogP contribution in [0.15, 0.2) is 63.4 Å². The highest BCUT2D eigenvalue weighted by molar-refractivity contribution is 6.03. The van der Waals surface area contributed by atoms with Gasteiger partial charge in [0, 0.05) is 10.9 Å². The van der Waals surface area contributed by atoms with E-state index in [0.29, 0.717) is 17.9 Å². The second kappa shape index (κ2) is 8.60. The summed E-state index contributed by atoms with van der Waals surface area (Å²) >= 11 is 0. The van der Waals surface area contributed by atoms with Crippen molar-refractivity contribution in [3.05, 3.63) is 60.2 Å². The molecule has 29 heavy (non-hydrogen) atoms. The lowest BCUT2D eigenvalue weighted by Crippen LogP contribution is -2.12. The first-order valence-electron chi connectivity index (χ1n) is 9.59. The van der Waals surface area contributed by atoms with Crippen molar-refractivity contribution in [2.75, 3.05) is 11.9 Å². The van der Waals surface area contributed by atoms with Gasteiger partial charge in [-0.05, 0) is 42.8 Å². The van der Waals surface area contributed by atoms with Gasteiger partial charge in [0.1, 0.15) is 11.3 Å². The van der Waals surface area contributed by atoms with Crippen LogP contribution in [0.25, 0.3) is 22.6 Å². The topological polar surface area (TPSA) is 90.4 Å². The zero-order chi connectivity index (χ0) is 20.1. The van der Waals surface area contributed by atoms with E-state index in [2.05, 4.69) is 22.4 Å². The molecule has 4 aromatic rings. The Labute approximate surface area is 167 Å². The molecule has 0 unspecified atom stereocenters. The van der Waals surface area contributed by atoms with Crippen LogP contribution in [0.1, 0.15) is 36.5 Å². The molecule has 0 spiro atoms. The van der Waals surface area contributed by atoms with Crippen molar-refractivity contribution >= 4 is 22.9 Å². The molecule has 0 fully saturated rings. The van der Waals surface area contributed by atoms with Crippen LogP contribution in [0.5, 0.6) is 5.75 Å². The standard InChI is InChI=1S/C22H21N3O4/c1-2-3-6-13-27-17-11-9-15(10-12-17)20(26)23-22-25-24-21(29-22)19-14-16-7-4-5-8-18(16)28-19/h4-5,7-12,14H,2-3,6,13H2,1H3,(H,23,25,26). The number of benzene rings is 2. The minimum Gasteiger partial charge on any atom is -0.494 e. The molecule has 0 aliphatic rings. The Morgan fingerprint density at radius 2 is 1.86 bits per heavy atom. The van der Waals surface area contributed by atoms with E-state index in [9.17, 15) is 4.79 Å². The number of nitrogens with one attached hydrogen (secondary N) is 1. The predicted molar refractivity (Wildman–Crippen MR) is 109 cm³/mol. The summed E-state index contributed by atoms with van der Waals surface area (Å²) in [5.74, 6) is 1.04. The van der Waals surface area contributed by atoms with Crippen LogP contribution in [0, 0.1) is 0 Å². The predicted octanol–water partition coefficient (Wildman–Crippen LogP) is 5.30. The van der Waals surface area contributed by atoms with Gasteiger partial charge in [-0.2, -0.15) is 0 Å². The average molecular weight is 391 g/mol. The third-order valence-corrected chi connectivity index (χ3v) is 4.41. The summed E-state index contributed by atoms with van der Waals surface area (Å²) in [5.41, 5.74) is 1.19. The number of anilines is 1. The third-order valence-electron chi connectivity index (χ3n) is 4.41. The Morgan fingerprint density at radius 3 is 2.66 bits per heavy atom. The van der Waals surface area contributed by atoms with Crippen molar-refractivity contribution in [3.63, 3.8) is 0 Å². The van der Waals surface area contributed by atoms with Gasteiger partial charge in [-0.3, -0.25) is 10.1 Å². The molecule has 2 aromatic heterocycles. The fraction of sp³-hybridized carbons (Fsp3) is 0.227. The number of para-hydroxylation sites is 1. The number of ether oxygens (including phenoxy) is 1. The summed E-state index contributed by atoms with van der Waals surface area (Å²) in [5, 5.41) is 11.4. The number of amides is 1. The Bertz CT molecular complexity index is 1070. The quantitative estimate of drug-likeness (QED) is 0.410. The first kappa shape index (κ1) is 18.7. The van der Waals surface area contributed by atoms with Gasteiger partial charge in [0.15, 0.2) is 5.76 Å². The molecule has 4 rings (SSSR count). The highest BCUT2D eigenvalue weighted by atomic mass is 16.5. The summed E-state index contributed by atoms with van der Waals surface area (Å²) in [6.45, 7) is 2.82. The van der Waals surface area contributed by atoms with Crippen LogP contribution in [-0.2, 0) is 0 Å². The molecule has 1 N–H and O–H groups in total. The molecule has 0 saturated heterocycles. The third kappa shape index (κ3) is 4.45. The van der Waals surface area contributed by atoms with Gasteiger partial charge in [-0.25, -0.2) is 0 Å². The van der Waals surface area contributed by atoms with Gasteiger partial charge >= 0.3 is 6.01 Å². The van der Waals surface area contributed by atoms with Crippen LogP contribution < -0.4 is 10.1 Å². The number of carbonyl (C=O) groups excluding carboxylic acids is 1. The van der Waals surface area contributed by atoms with Crippen LogP contribution in [0.3, 0.4) is 0 Å². The van der Waals surface area contributed by atoms with Gasteiger partial charge in [-0.15, -0.1) is 5.10 Å². The van der Waals surface area contributed by atoms with E-state index in [1.54, 1.807) is 24.3 Å². The minimum absolute atomic E-state index is 0.00495. The molecule has 0 bridgehead atoms. The molecule has 0 atom stereocenters. The van der Waals surface area contributed by atoms with Gasteiger partial charge in [-0.1, -0.05) is 43.1 Å². The van der Waals surface area contributed by atoms with Crippen molar-refractivity contribution in [2.24, 2.45) is 0 Å². The van der Waals surface area contributed by atoms with Gasteiger partial charge in [0.05, 0.1) is 6.61 Å². The lowest BCUT2D eigenvalue weighted by Gasteiger charge is -2.06. The van der Waals surface area contributed by atoms with Crippen LogP contribution >= 0.6 is 0 Å². The Kier molecular flexibility index (Phi) is 5.56. The Morgan fingerprint density at radius 1 is 1.03 bits per heavy atom. The van der Waals surface area contributed by atoms with Gasteiger partial charge < -0.3 is 13.6 Å². The van der Waals surface area contributed by atoms with Gasteiger partial charge in [0.2, 0.25) is 0 Å². The zero-order valence-corrected chi connectivity index (χ0v) is 16.1. The average Bonchev–Trinajstić information content (AvgIpc) is 3.38. The smallest absolute Gasteiger partial charge is 0.322 e. The van der Waals surface area contributed by atoms with E-state index < -0.39 is 0 Å². The van der Waals surface area contributed by atoms with Crippen LogP contribution in [0.4, 0.5) is 6.01 Å². The van der Waals surface area contributed by atoms with E-state index in [0.717, 1.165) is 36.0 Å². The highest BCUT2D eigenvalue weighted by Crippen LogP contribution is 2.27. The largest absolute Gasteiger partial charge is 0.494 e. The highest BCUT2D eigenvalue weighted by Gasteiger charge is 2.16. The SMILES string of the molecule is CCCCCOc1ccc(C(=O)Nc2nnc(-c3cc4ccccc4o3)o2)cc1. The van der Waals surface area contributed by atoms with Crippen molar-refractivity contribution in [1.29, 1.82) is 0 Å². The minimum atomic E-state index is -0.345. The van der Waals surface area contributed by atoms with Crippen molar-refractivity contribution in [2.45, 2.75) is 26.2 Å². The number of carbonyl (C=O) groups is 1. The Balaban J connectivity index is 1.38. The molecular formula is C22H21N3O4. The summed E-state index contributed by atoms with van der Waals surface area (Å²) in [7, 11) is 0. The second-order valence-electron chi connectivity index (χ2n) is 6.59. The maximum atomic E-state index is 12.4. The number of hydrogen-bond donors (Lipinski definition) is 1. The molecular weight excluding hydrogens is 370 g/mol. The molecule has 2 heterocycles. The maximum absolute atomic E-state index is 12.4. The van der Waals surface area contributed by atoms with Crippen molar-refractivity contribution < 1.29 is 18.4 Å². The van der Waals surface area contributed by atoms with Gasteiger partial charge in [0.25, 0.3) is 11.8 Å². The number of fused-ring (bicyclic) bond motifs is 1. The van der Waals surface area contributed by atoms with E-state index in [1.807, 2.05) is 30.3 Å². The van der Waals surface area contributed by atoms with E-state index >= 15 is 0 Å². The van der Waals surface area contributed by atoms with Crippen LogP contribution in [0.2, 0.25) is 0 Å². The zero-order valence-electron chi connectivity index (χ0n) is 16.1. The normalized spacial score (nSPS) is 10.9. The number of nitrogens with zero attached hydrogens (tertiary/aromatic N) is 2.